The second kappa shape index (κ2) is 7.02. The smallest absolute Gasteiger partial charge is 0.242 e. The number of halogens is 1. The second-order valence-electron chi connectivity index (χ2n) is 6.75. The first-order valence-corrected chi connectivity index (χ1v) is 10.0. The summed E-state index contributed by atoms with van der Waals surface area (Å²) >= 11 is 2.33. The number of nitrogens with zero attached hydrogens (tertiary/aromatic N) is 2. The zero-order chi connectivity index (χ0) is 18.3. The van der Waals surface area contributed by atoms with E-state index in [1.165, 1.54) is 9.13 Å². The average molecular weight is 460 g/mol. The van der Waals surface area contributed by atoms with Crippen molar-refractivity contribution in [3.63, 3.8) is 0 Å². The first kappa shape index (κ1) is 17.5. The molecule has 4 rings (SSSR count). The third-order valence-electron chi connectivity index (χ3n) is 5.28. The van der Waals surface area contributed by atoms with Crippen LogP contribution < -0.4 is 4.74 Å². The molecule has 26 heavy (non-hydrogen) atoms. The van der Waals surface area contributed by atoms with Crippen molar-refractivity contribution in [1.29, 1.82) is 0 Å². The van der Waals surface area contributed by atoms with Gasteiger partial charge in [-0.1, -0.05) is 25.1 Å². The minimum atomic E-state index is -0.0217. The third kappa shape index (κ3) is 2.92. The van der Waals surface area contributed by atoms with E-state index in [0.29, 0.717) is 6.42 Å². The topological polar surface area (TPSA) is 41.9 Å². The zero-order valence-electron chi connectivity index (χ0n) is 14.9. The van der Waals surface area contributed by atoms with Gasteiger partial charge in [-0.3, -0.25) is 4.79 Å². The van der Waals surface area contributed by atoms with E-state index in [2.05, 4.69) is 59.0 Å². The highest BCUT2D eigenvalue weighted by atomic mass is 127. The molecule has 2 aliphatic rings. The van der Waals surface area contributed by atoms with E-state index in [0.717, 1.165) is 35.4 Å². The van der Waals surface area contributed by atoms with Crippen molar-refractivity contribution >= 4 is 34.2 Å². The van der Waals surface area contributed by atoms with Gasteiger partial charge in [0, 0.05) is 21.5 Å². The largest absolute Gasteiger partial charge is 0.497 e. The van der Waals surface area contributed by atoms with E-state index >= 15 is 0 Å². The van der Waals surface area contributed by atoms with E-state index in [9.17, 15) is 4.79 Å². The van der Waals surface area contributed by atoms with Crippen LogP contribution in [0.15, 0.2) is 47.6 Å². The lowest BCUT2D eigenvalue weighted by Crippen LogP contribution is -2.31. The van der Waals surface area contributed by atoms with E-state index < -0.39 is 0 Å². The number of hydrogen-bond donors (Lipinski definition) is 0. The molecule has 0 unspecified atom stereocenters. The predicted octanol–water partition coefficient (Wildman–Crippen LogP) is 4.56. The fourth-order valence-corrected chi connectivity index (χ4v) is 4.57. The predicted molar refractivity (Wildman–Crippen MR) is 110 cm³/mol. The van der Waals surface area contributed by atoms with Gasteiger partial charge in [0.2, 0.25) is 5.91 Å². The van der Waals surface area contributed by atoms with Gasteiger partial charge in [0.15, 0.2) is 0 Å². The highest BCUT2D eigenvalue weighted by molar-refractivity contribution is 14.1. The lowest BCUT2D eigenvalue weighted by atomic mass is 9.77. The van der Waals surface area contributed by atoms with Crippen molar-refractivity contribution in [3.8, 4) is 5.75 Å². The van der Waals surface area contributed by atoms with Gasteiger partial charge in [0.1, 0.15) is 5.75 Å². The molecule has 2 aromatic carbocycles. The van der Waals surface area contributed by atoms with Crippen LogP contribution in [0.3, 0.4) is 0 Å². The molecular formula is C21H21IN2O2. The number of amides is 1. The molecule has 1 heterocycles. The molecule has 0 saturated carbocycles. The molecule has 0 radical (unpaired) electrons. The first-order valence-electron chi connectivity index (χ1n) is 8.95. The fourth-order valence-electron chi connectivity index (χ4n) is 4.01. The average Bonchev–Trinajstić information content (AvgIpc) is 3.07. The molecule has 1 amide bonds. The summed E-state index contributed by atoms with van der Waals surface area (Å²) in [6.07, 6.45) is 2.45. The fraction of sp³-hybridized carbons (Fsp3) is 0.333. The number of methoxy groups -OCH3 is 1. The minimum Gasteiger partial charge on any atom is -0.497 e. The summed E-state index contributed by atoms with van der Waals surface area (Å²) in [5.41, 5.74) is 4.60. The van der Waals surface area contributed by atoms with Gasteiger partial charge in [-0.05, 0) is 70.8 Å². The van der Waals surface area contributed by atoms with Crippen LogP contribution in [-0.4, -0.2) is 23.7 Å². The molecule has 0 aromatic heterocycles. The number of hydrazone groups is 1. The van der Waals surface area contributed by atoms with Crippen molar-refractivity contribution in [2.45, 2.75) is 32.2 Å². The molecular weight excluding hydrogens is 439 g/mol. The van der Waals surface area contributed by atoms with Gasteiger partial charge in [-0.15, -0.1) is 0 Å². The molecule has 1 aliphatic carbocycles. The molecule has 2 atom stereocenters. The summed E-state index contributed by atoms with van der Waals surface area (Å²) in [5.74, 6) is 1.13. The minimum absolute atomic E-state index is 0.0217. The first-order chi connectivity index (χ1) is 12.6. The Labute approximate surface area is 167 Å². The molecule has 4 nitrogen and oxygen atoms in total. The number of carbonyl (C=O) groups is 1. The van der Waals surface area contributed by atoms with E-state index in [1.807, 2.05) is 13.0 Å². The second-order valence-corrected chi connectivity index (χ2v) is 7.99. The lowest BCUT2D eigenvalue weighted by Gasteiger charge is -2.29. The zero-order valence-corrected chi connectivity index (χ0v) is 17.1. The quantitative estimate of drug-likeness (QED) is 0.631. The van der Waals surface area contributed by atoms with Gasteiger partial charge in [0.05, 0.1) is 18.9 Å². The van der Waals surface area contributed by atoms with Crippen LogP contribution in [0, 0.1) is 9.49 Å². The monoisotopic (exact) mass is 460 g/mol. The van der Waals surface area contributed by atoms with Crippen LogP contribution >= 0.6 is 22.6 Å². The molecule has 0 N–H and O–H groups in total. The number of rotatable bonds is 3. The maximum atomic E-state index is 12.7. The number of aryl methyl sites for hydroxylation is 1. The summed E-state index contributed by atoms with van der Waals surface area (Å²) < 4.78 is 6.59. The SMILES string of the molecule is CCC(=O)N1N=C2c3cc(OC)ccc3CC[C@H]2[C@@H]1c1cccc(I)c1. The molecule has 0 fully saturated rings. The van der Waals surface area contributed by atoms with E-state index in [1.54, 1.807) is 12.1 Å². The maximum absolute atomic E-state index is 12.7. The van der Waals surface area contributed by atoms with Crippen molar-refractivity contribution in [2.24, 2.45) is 11.0 Å². The Balaban J connectivity index is 1.82. The Morgan fingerprint density at radius 1 is 1.31 bits per heavy atom. The van der Waals surface area contributed by atoms with Crippen molar-refractivity contribution in [1.82, 2.24) is 5.01 Å². The van der Waals surface area contributed by atoms with E-state index in [4.69, 9.17) is 9.84 Å². The summed E-state index contributed by atoms with van der Waals surface area (Å²) in [5, 5.41) is 6.55. The number of carbonyl (C=O) groups excluding carboxylic acids is 1. The summed E-state index contributed by atoms with van der Waals surface area (Å²) in [6, 6.07) is 14.6. The number of hydrogen-bond acceptors (Lipinski definition) is 3. The number of ether oxygens (including phenoxy) is 1. The Morgan fingerprint density at radius 3 is 2.88 bits per heavy atom. The number of benzene rings is 2. The van der Waals surface area contributed by atoms with Crippen molar-refractivity contribution < 1.29 is 9.53 Å². The van der Waals surface area contributed by atoms with Crippen LogP contribution in [0.1, 0.15) is 42.5 Å². The lowest BCUT2D eigenvalue weighted by molar-refractivity contribution is -0.133. The molecule has 0 spiro atoms. The van der Waals surface area contributed by atoms with Gasteiger partial charge in [0.25, 0.3) is 0 Å². The maximum Gasteiger partial charge on any atom is 0.242 e. The van der Waals surface area contributed by atoms with Gasteiger partial charge < -0.3 is 4.74 Å². The van der Waals surface area contributed by atoms with Gasteiger partial charge in [-0.2, -0.15) is 5.10 Å². The highest BCUT2D eigenvalue weighted by Gasteiger charge is 2.43. The molecule has 0 saturated heterocycles. The Bertz CT molecular complexity index is 893. The molecule has 0 bridgehead atoms. The normalized spacial score (nSPS) is 21.0. The molecule has 2 aromatic rings. The standard InChI is InChI=1S/C21H21IN2O2/c1-3-19(25)24-21(14-5-4-6-15(22)11-14)17-10-8-13-7-9-16(26-2)12-18(13)20(17)23-24/h4-7,9,11-12,17,21H,3,8,10H2,1-2H3/t17-,21+/m1/s1. The highest BCUT2D eigenvalue weighted by Crippen LogP contribution is 2.44. The molecule has 134 valence electrons. The molecule has 1 aliphatic heterocycles. The Hall–Kier alpha value is -1.89. The number of fused-ring (bicyclic) bond motifs is 3. The summed E-state index contributed by atoms with van der Waals surface area (Å²) in [6.45, 7) is 1.90. The van der Waals surface area contributed by atoms with E-state index in [-0.39, 0.29) is 17.9 Å². The van der Waals surface area contributed by atoms with Crippen LogP contribution in [0.5, 0.6) is 5.75 Å². The summed E-state index contributed by atoms with van der Waals surface area (Å²) in [7, 11) is 1.68. The Morgan fingerprint density at radius 2 is 2.15 bits per heavy atom. The van der Waals surface area contributed by atoms with Crippen molar-refractivity contribution in [3.05, 3.63) is 62.7 Å². The third-order valence-corrected chi connectivity index (χ3v) is 5.95. The van der Waals surface area contributed by atoms with Gasteiger partial charge in [-0.25, -0.2) is 5.01 Å². The van der Waals surface area contributed by atoms with Gasteiger partial charge >= 0.3 is 0 Å². The van der Waals surface area contributed by atoms with Crippen LogP contribution in [0.2, 0.25) is 0 Å². The Kier molecular flexibility index (Phi) is 4.73. The van der Waals surface area contributed by atoms with Crippen molar-refractivity contribution in [2.75, 3.05) is 7.11 Å². The van der Waals surface area contributed by atoms with Crippen LogP contribution in [-0.2, 0) is 11.2 Å². The van der Waals surface area contributed by atoms with Crippen LogP contribution in [0.4, 0.5) is 0 Å². The summed E-state index contributed by atoms with van der Waals surface area (Å²) in [4.78, 5) is 12.7. The molecule has 5 heteroatoms. The van der Waals surface area contributed by atoms with Crippen LogP contribution in [0.25, 0.3) is 0 Å².